The number of Topliss-reactive ketones (excluding diaryl/α,β-unsaturated/α-hetero) is 1. The number of aromatic nitrogens is 1. The number of hydrogen-bond donors (Lipinski definition) is 0. The van der Waals surface area contributed by atoms with E-state index in [0.717, 1.165) is 30.5 Å². The predicted molar refractivity (Wildman–Crippen MR) is 107 cm³/mol. The molecule has 144 valence electrons. The second-order valence-corrected chi connectivity index (χ2v) is 7.28. The van der Waals surface area contributed by atoms with Crippen molar-refractivity contribution in [1.82, 2.24) is 9.88 Å². The van der Waals surface area contributed by atoms with Gasteiger partial charge in [0.25, 0.3) is 0 Å². The van der Waals surface area contributed by atoms with Gasteiger partial charge >= 0.3 is 0 Å². The fourth-order valence-corrected chi connectivity index (χ4v) is 3.89. The molecule has 0 aliphatic carbocycles. The van der Waals surface area contributed by atoms with E-state index in [0.29, 0.717) is 29.9 Å². The Morgan fingerprint density at radius 3 is 2.93 bits per heavy atom. The Hall–Kier alpha value is -2.79. The van der Waals surface area contributed by atoms with Gasteiger partial charge in [0.05, 0.1) is 12.8 Å². The minimum Gasteiger partial charge on any atom is -0.497 e. The fraction of sp³-hybridized carbons (Fsp3) is 0.304. The first-order chi connectivity index (χ1) is 13.6. The van der Waals surface area contributed by atoms with E-state index < -0.39 is 0 Å². The topological polar surface area (TPSA) is 42.4 Å². The smallest absolute Gasteiger partial charge is 0.167 e. The van der Waals surface area contributed by atoms with Crippen molar-refractivity contribution in [3.8, 4) is 5.75 Å². The van der Waals surface area contributed by atoms with Gasteiger partial charge in [-0.3, -0.25) is 9.69 Å². The molecule has 3 aromatic rings. The summed E-state index contributed by atoms with van der Waals surface area (Å²) in [6.07, 6.45) is 1.84. The van der Waals surface area contributed by atoms with E-state index in [9.17, 15) is 9.18 Å². The quantitative estimate of drug-likeness (QED) is 0.614. The minimum atomic E-state index is -0.302. The lowest BCUT2D eigenvalue weighted by Crippen LogP contribution is -2.38. The van der Waals surface area contributed by atoms with Crippen molar-refractivity contribution < 1.29 is 13.9 Å². The van der Waals surface area contributed by atoms with Crippen LogP contribution in [0.1, 0.15) is 28.9 Å². The Morgan fingerprint density at radius 1 is 1.21 bits per heavy atom. The Labute approximate surface area is 164 Å². The second-order valence-electron chi connectivity index (χ2n) is 7.28. The molecule has 2 heterocycles. The van der Waals surface area contributed by atoms with Crippen LogP contribution in [0.25, 0.3) is 10.9 Å². The van der Waals surface area contributed by atoms with Crippen molar-refractivity contribution in [2.24, 2.45) is 5.92 Å². The van der Waals surface area contributed by atoms with Gasteiger partial charge in [0.15, 0.2) is 5.78 Å². The molecular formula is C23H23FN2O2. The van der Waals surface area contributed by atoms with Crippen LogP contribution in [0.3, 0.4) is 0 Å². The summed E-state index contributed by atoms with van der Waals surface area (Å²) in [5.74, 6) is 0.504. The van der Waals surface area contributed by atoms with Gasteiger partial charge in [-0.1, -0.05) is 30.3 Å². The van der Waals surface area contributed by atoms with E-state index in [4.69, 9.17) is 4.74 Å². The molecule has 0 spiro atoms. The molecule has 5 heteroatoms. The Balaban J connectivity index is 1.48. The van der Waals surface area contributed by atoms with Gasteiger partial charge in [-0.2, -0.15) is 0 Å². The standard InChI is InChI=1S/C23H23FN2O2/c1-28-20-8-2-6-17(13-20)23(27)18-7-4-12-26(14-18)15-19-11-10-16-5-3-9-21(24)22(16)25-19/h2-3,5-6,8-11,13,18H,4,7,12,14-15H2,1H3/t18-/m0/s1. The van der Waals surface area contributed by atoms with E-state index in [1.807, 2.05) is 36.4 Å². The SMILES string of the molecule is COc1cccc(C(=O)[C@H]2CCCN(Cc3ccc4cccc(F)c4n3)C2)c1. The number of para-hydroxylation sites is 1. The summed E-state index contributed by atoms with van der Waals surface area (Å²) in [4.78, 5) is 19.7. The number of hydrogen-bond acceptors (Lipinski definition) is 4. The number of piperidine rings is 1. The number of ether oxygens (including phenoxy) is 1. The largest absolute Gasteiger partial charge is 0.497 e. The monoisotopic (exact) mass is 378 g/mol. The van der Waals surface area contributed by atoms with Crippen molar-refractivity contribution in [3.63, 3.8) is 0 Å². The number of benzene rings is 2. The van der Waals surface area contributed by atoms with E-state index in [1.54, 1.807) is 19.2 Å². The fourth-order valence-electron chi connectivity index (χ4n) is 3.89. The van der Waals surface area contributed by atoms with Gasteiger partial charge in [0, 0.05) is 30.0 Å². The highest BCUT2D eigenvalue weighted by Crippen LogP contribution is 2.24. The Bertz CT molecular complexity index is 1000. The lowest BCUT2D eigenvalue weighted by atomic mass is 9.90. The molecule has 0 bridgehead atoms. The van der Waals surface area contributed by atoms with Gasteiger partial charge in [0.1, 0.15) is 17.1 Å². The highest BCUT2D eigenvalue weighted by Gasteiger charge is 2.27. The van der Waals surface area contributed by atoms with Gasteiger partial charge < -0.3 is 4.74 Å². The van der Waals surface area contributed by atoms with Crippen LogP contribution < -0.4 is 4.74 Å². The molecular weight excluding hydrogens is 355 g/mol. The summed E-state index contributed by atoms with van der Waals surface area (Å²) >= 11 is 0. The summed E-state index contributed by atoms with van der Waals surface area (Å²) in [7, 11) is 1.60. The first kappa shape index (κ1) is 18.6. The molecule has 4 nitrogen and oxygen atoms in total. The third kappa shape index (κ3) is 3.90. The van der Waals surface area contributed by atoms with Gasteiger partial charge in [0.2, 0.25) is 0 Å². The van der Waals surface area contributed by atoms with Crippen molar-refractivity contribution in [1.29, 1.82) is 0 Å². The van der Waals surface area contributed by atoms with E-state index in [-0.39, 0.29) is 17.5 Å². The number of fused-ring (bicyclic) bond motifs is 1. The number of pyridine rings is 1. The molecule has 0 amide bonds. The molecule has 1 saturated heterocycles. The normalized spacial score (nSPS) is 17.6. The van der Waals surface area contributed by atoms with Crippen LogP contribution in [0.4, 0.5) is 4.39 Å². The molecule has 0 unspecified atom stereocenters. The third-order valence-corrected chi connectivity index (χ3v) is 5.34. The average Bonchev–Trinajstić information content (AvgIpc) is 2.74. The Kier molecular flexibility index (Phi) is 5.35. The molecule has 4 rings (SSSR count). The number of rotatable bonds is 5. The molecule has 1 aliphatic rings. The number of nitrogens with zero attached hydrogens (tertiary/aromatic N) is 2. The number of carbonyl (C=O) groups is 1. The van der Waals surface area contributed by atoms with Crippen LogP contribution in [0.15, 0.2) is 54.6 Å². The number of ketones is 1. The van der Waals surface area contributed by atoms with Crippen molar-refractivity contribution >= 4 is 16.7 Å². The first-order valence-corrected chi connectivity index (χ1v) is 9.59. The van der Waals surface area contributed by atoms with E-state index in [2.05, 4.69) is 9.88 Å². The molecule has 28 heavy (non-hydrogen) atoms. The van der Waals surface area contributed by atoms with E-state index in [1.165, 1.54) is 6.07 Å². The third-order valence-electron chi connectivity index (χ3n) is 5.34. The summed E-state index contributed by atoms with van der Waals surface area (Å²) in [6.45, 7) is 2.22. The zero-order valence-electron chi connectivity index (χ0n) is 15.9. The molecule has 0 N–H and O–H groups in total. The maximum Gasteiger partial charge on any atom is 0.167 e. The molecule has 0 radical (unpaired) electrons. The van der Waals surface area contributed by atoms with Crippen LogP contribution in [-0.2, 0) is 6.54 Å². The van der Waals surface area contributed by atoms with Crippen molar-refractivity contribution in [2.45, 2.75) is 19.4 Å². The zero-order chi connectivity index (χ0) is 19.5. The molecule has 1 aliphatic heterocycles. The summed E-state index contributed by atoms with van der Waals surface area (Å²) in [6, 6.07) is 16.2. The van der Waals surface area contributed by atoms with Crippen molar-refractivity contribution in [3.05, 3.63) is 71.7 Å². The maximum atomic E-state index is 14.0. The summed E-state index contributed by atoms with van der Waals surface area (Å²) in [5, 5.41) is 0.800. The van der Waals surface area contributed by atoms with Crippen LogP contribution in [0.5, 0.6) is 5.75 Å². The Morgan fingerprint density at radius 2 is 2.07 bits per heavy atom. The van der Waals surface area contributed by atoms with Crippen LogP contribution in [0, 0.1) is 11.7 Å². The number of likely N-dealkylation sites (tertiary alicyclic amines) is 1. The molecule has 1 fully saturated rings. The summed E-state index contributed by atoms with van der Waals surface area (Å²) in [5.41, 5.74) is 1.92. The predicted octanol–water partition coefficient (Wildman–Crippen LogP) is 4.48. The van der Waals surface area contributed by atoms with Gasteiger partial charge in [-0.05, 0) is 43.7 Å². The number of carbonyl (C=O) groups excluding carboxylic acids is 1. The first-order valence-electron chi connectivity index (χ1n) is 9.59. The van der Waals surface area contributed by atoms with Crippen LogP contribution >= 0.6 is 0 Å². The van der Waals surface area contributed by atoms with Crippen LogP contribution in [-0.4, -0.2) is 35.9 Å². The second kappa shape index (κ2) is 8.07. The van der Waals surface area contributed by atoms with Gasteiger partial charge in [-0.15, -0.1) is 0 Å². The number of methoxy groups -OCH3 is 1. The highest BCUT2D eigenvalue weighted by atomic mass is 19.1. The lowest BCUT2D eigenvalue weighted by molar-refractivity contribution is 0.0810. The lowest BCUT2D eigenvalue weighted by Gasteiger charge is -2.31. The van der Waals surface area contributed by atoms with Crippen LogP contribution in [0.2, 0.25) is 0 Å². The van der Waals surface area contributed by atoms with E-state index >= 15 is 0 Å². The molecule has 1 atom stereocenters. The maximum absolute atomic E-state index is 14.0. The van der Waals surface area contributed by atoms with Gasteiger partial charge in [-0.25, -0.2) is 9.37 Å². The number of halogens is 1. The molecule has 0 saturated carbocycles. The molecule has 1 aromatic heterocycles. The summed E-state index contributed by atoms with van der Waals surface area (Å²) < 4.78 is 19.3. The minimum absolute atomic E-state index is 0.0435. The molecule has 2 aromatic carbocycles. The average molecular weight is 378 g/mol. The zero-order valence-corrected chi connectivity index (χ0v) is 15.9. The van der Waals surface area contributed by atoms with Crippen molar-refractivity contribution in [2.75, 3.05) is 20.2 Å². The highest BCUT2D eigenvalue weighted by molar-refractivity contribution is 5.98.